The van der Waals surface area contributed by atoms with Crippen molar-refractivity contribution in [2.24, 2.45) is 5.92 Å². The second-order valence-electron chi connectivity index (χ2n) is 6.13. The van der Waals surface area contributed by atoms with Gasteiger partial charge in [0.05, 0.1) is 11.3 Å². The van der Waals surface area contributed by atoms with Crippen LogP contribution in [0.4, 0.5) is 0 Å². The van der Waals surface area contributed by atoms with Gasteiger partial charge in [-0.3, -0.25) is 4.79 Å². The van der Waals surface area contributed by atoms with Gasteiger partial charge in [0.1, 0.15) is 0 Å². The van der Waals surface area contributed by atoms with E-state index in [2.05, 4.69) is 5.32 Å². The maximum absolute atomic E-state index is 12.8. The molecule has 6 heteroatoms. The molecule has 22 heavy (non-hydrogen) atoms. The standard InChI is InChI=1S/C16H22N2O3S/c19-13-17-10-4-12-22(20,21)18-11-8-15-7-9-16(15,18)14-5-2-1-3-6-14/h1-3,5-6,13,15H,4,7-12H2,(H,17,19)/t15-,16+/m0/s1. The molecule has 0 spiro atoms. The summed E-state index contributed by atoms with van der Waals surface area (Å²) in [5.74, 6) is 0.535. The van der Waals surface area contributed by atoms with Gasteiger partial charge < -0.3 is 5.32 Å². The molecule has 5 nitrogen and oxygen atoms in total. The predicted octanol–water partition coefficient (Wildman–Crippen LogP) is 1.46. The van der Waals surface area contributed by atoms with Crippen molar-refractivity contribution in [3.8, 4) is 0 Å². The van der Waals surface area contributed by atoms with Crippen LogP contribution in [0.3, 0.4) is 0 Å². The first-order valence-corrected chi connectivity index (χ1v) is 9.45. The van der Waals surface area contributed by atoms with Crippen LogP contribution in [0.15, 0.2) is 30.3 Å². The first-order chi connectivity index (χ1) is 10.6. The van der Waals surface area contributed by atoms with Crippen molar-refractivity contribution in [1.82, 2.24) is 9.62 Å². The molecule has 0 aromatic heterocycles. The van der Waals surface area contributed by atoms with E-state index in [4.69, 9.17) is 0 Å². The second kappa shape index (κ2) is 6.01. The van der Waals surface area contributed by atoms with Crippen molar-refractivity contribution >= 4 is 16.4 Å². The zero-order valence-corrected chi connectivity index (χ0v) is 13.4. The van der Waals surface area contributed by atoms with Gasteiger partial charge in [-0.15, -0.1) is 0 Å². The highest BCUT2D eigenvalue weighted by Gasteiger charge is 2.59. The lowest BCUT2D eigenvalue weighted by Gasteiger charge is -2.49. The van der Waals surface area contributed by atoms with Gasteiger partial charge in [0.2, 0.25) is 16.4 Å². The average Bonchev–Trinajstić information content (AvgIpc) is 2.77. The summed E-state index contributed by atoms with van der Waals surface area (Å²) in [5.41, 5.74) is 0.802. The summed E-state index contributed by atoms with van der Waals surface area (Å²) in [4.78, 5) is 10.3. The second-order valence-corrected chi connectivity index (χ2v) is 8.14. The number of rotatable bonds is 7. The van der Waals surface area contributed by atoms with Crippen LogP contribution in [0.1, 0.15) is 31.2 Å². The van der Waals surface area contributed by atoms with E-state index < -0.39 is 10.0 Å². The lowest BCUT2D eigenvalue weighted by atomic mass is 9.64. The Morgan fingerprint density at radius 1 is 1.27 bits per heavy atom. The van der Waals surface area contributed by atoms with Crippen LogP contribution in [-0.2, 0) is 20.4 Å². The Morgan fingerprint density at radius 3 is 2.68 bits per heavy atom. The minimum Gasteiger partial charge on any atom is -0.359 e. The number of amides is 1. The van der Waals surface area contributed by atoms with Crippen molar-refractivity contribution in [1.29, 1.82) is 0 Å². The van der Waals surface area contributed by atoms with E-state index in [-0.39, 0.29) is 11.3 Å². The number of sulfonamides is 1. The van der Waals surface area contributed by atoms with Crippen LogP contribution in [0.2, 0.25) is 0 Å². The molecule has 2 atom stereocenters. The minimum absolute atomic E-state index is 0.0924. The molecule has 1 N–H and O–H groups in total. The van der Waals surface area contributed by atoms with E-state index in [1.54, 1.807) is 4.31 Å². The molecule has 1 aromatic rings. The fourth-order valence-electron chi connectivity index (χ4n) is 3.97. The Balaban J connectivity index is 1.82. The molecule has 1 aromatic carbocycles. The first-order valence-electron chi connectivity index (χ1n) is 7.84. The summed E-state index contributed by atoms with van der Waals surface area (Å²) in [6.07, 6.45) is 4.02. The van der Waals surface area contributed by atoms with Gasteiger partial charge >= 0.3 is 0 Å². The highest BCUT2D eigenvalue weighted by Crippen LogP contribution is 2.57. The molecule has 1 aliphatic carbocycles. The maximum Gasteiger partial charge on any atom is 0.214 e. The van der Waals surface area contributed by atoms with E-state index in [1.165, 1.54) is 0 Å². The molecule has 2 aliphatic rings. The van der Waals surface area contributed by atoms with Gasteiger partial charge in [-0.25, -0.2) is 8.42 Å². The quantitative estimate of drug-likeness (QED) is 0.610. The van der Waals surface area contributed by atoms with Gasteiger partial charge in [-0.2, -0.15) is 4.31 Å². The Morgan fingerprint density at radius 2 is 2.05 bits per heavy atom. The first kappa shape index (κ1) is 15.5. The largest absolute Gasteiger partial charge is 0.359 e. The summed E-state index contributed by atoms with van der Waals surface area (Å²) in [6, 6.07) is 10.0. The monoisotopic (exact) mass is 322 g/mol. The minimum atomic E-state index is -3.30. The number of nitrogens with one attached hydrogen (secondary N) is 1. The Bertz CT molecular complexity index is 632. The Kier molecular flexibility index (Phi) is 4.23. The molecule has 1 saturated heterocycles. The van der Waals surface area contributed by atoms with Crippen LogP contribution in [0, 0.1) is 5.92 Å². The molecule has 1 aliphatic heterocycles. The van der Waals surface area contributed by atoms with Crippen LogP contribution >= 0.6 is 0 Å². The summed E-state index contributed by atoms with van der Waals surface area (Å²) < 4.78 is 27.3. The van der Waals surface area contributed by atoms with Crippen molar-refractivity contribution in [2.45, 2.75) is 31.2 Å². The molecule has 1 saturated carbocycles. The van der Waals surface area contributed by atoms with Gasteiger partial charge in [-0.1, -0.05) is 30.3 Å². The summed E-state index contributed by atoms with van der Waals surface area (Å²) in [7, 11) is -3.30. The Labute approximate surface area is 131 Å². The smallest absolute Gasteiger partial charge is 0.214 e. The lowest BCUT2D eigenvalue weighted by Crippen LogP contribution is -2.54. The van der Waals surface area contributed by atoms with E-state index in [9.17, 15) is 13.2 Å². The van der Waals surface area contributed by atoms with Crippen molar-refractivity contribution < 1.29 is 13.2 Å². The average molecular weight is 322 g/mol. The van der Waals surface area contributed by atoms with E-state index in [1.807, 2.05) is 30.3 Å². The third-order valence-corrected chi connectivity index (χ3v) is 7.08. The Hall–Kier alpha value is -1.40. The molecule has 2 fully saturated rings. The molecule has 0 radical (unpaired) electrons. The van der Waals surface area contributed by atoms with E-state index in [0.29, 0.717) is 31.8 Å². The number of benzene rings is 1. The number of carbonyl (C=O) groups is 1. The molecule has 1 amide bonds. The topological polar surface area (TPSA) is 66.5 Å². The van der Waals surface area contributed by atoms with Crippen molar-refractivity contribution in [3.05, 3.63) is 35.9 Å². The molecule has 0 unspecified atom stereocenters. The van der Waals surface area contributed by atoms with Crippen LogP contribution in [0.5, 0.6) is 0 Å². The van der Waals surface area contributed by atoms with E-state index in [0.717, 1.165) is 24.8 Å². The van der Waals surface area contributed by atoms with Gasteiger partial charge in [0.15, 0.2) is 0 Å². The normalized spacial score (nSPS) is 27.9. The van der Waals surface area contributed by atoms with Gasteiger partial charge in [0, 0.05) is 13.1 Å². The van der Waals surface area contributed by atoms with Gasteiger partial charge in [0.25, 0.3) is 0 Å². The van der Waals surface area contributed by atoms with Gasteiger partial charge in [-0.05, 0) is 37.2 Å². The lowest BCUT2D eigenvalue weighted by molar-refractivity contribution is -0.109. The maximum atomic E-state index is 12.8. The SMILES string of the molecule is O=CNCCCS(=O)(=O)N1CC[C@@H]2CC[C@@]21c1ccccc1. The molecular formula is C16H22N2O3S. The van der Waals surface area contributed by atoms with Crippen LogP contribution in [0.25, 0.3) is 0 Å². The number of fused-ring (bicyclic) bond motifs is 1. The van der Waals surface area contributed by atoms with Crippen LogP contribution < -0.4 is 5.32 Å². The number of carbonyl (C=O) groups excluding carboxylic acids is 1. The summed E-state index contributed by atoms with van der Waals surface area (Å²) in [6.45, 7) is 1.02. The highest BCUT2D eigenvalue weighted by molar-refractivity contribution is 7.89. The zero-order valence-electron chi connectivity index (χ0n) is 12.6. The van der Waals surface area contributed by atoms with E-state index >= 15 is 0 Å². The molecule has 0 bridgehead atoms. The number of hydrogen-bond acceptors (Lipinski definition) is 3. The highest BCUT2D eigenvalue weighted by atomic mass is 32.2. The number of nitrogens with zero attached hydrogens (tertiary/aromatic N) is 1. The zero-order chi connectivity index (χ0) is 15.6. The summed E-state index contributed by atoms with van der Waals surface area (Å²) >= 11 is 0. The fourth-order valence-corrected chi connectivity index (χ4v) is 5.93. The van der Waals surface area contributed by atoms with Crippen molar-refractivity contribution in [3.63, 3.8) is 0 Å². The third kappa shape index (κ3) is 2.44. The summed E-state index contributed by atoms with van der Waals surface area (Å²) in [5, 5.41) is 2.52. The number of hydrogen-bond donors (Lipinski definition) is 1. The fraction of sp³-hybridized carbons (Fsp3) is 0.562. The molecule has 120 valence electrons. The molecular weight excluding hydrogens is 300 g/mol. The third-order valence-electron chi connectivity index (χ3n) is 5.09. The molecule has 1 heterocycles. The van der Waals surface area contributed by atoms with Crippen LogP contribution in [-0.4, -0.2) is 38.0 Å². The van der Waals surface area contributed by atoms with Crippen molar-refractivity contribution in [2.75, 3.05) is 18.8 Å². The predicted molar refractivity (Wildman–Crippen MR) is 84.6 cm³/mol. The molecule has 3 rings (SSSR count).